The molecule has 0 radical (unpaired) electrons. The Hall–Kier alpha value is -5.40. The van der Waals surface area contributed by atoms with Gasteiger partial charge < -0.3 is 19.7 Å². The molecule has 1 saturated carbocycles. The summed E-state index contributed by atoms with van der Waals surface area (Å²) in [4.78, 5) is 24.8. The molecule has 1 aliphatic carbocycles. The summed E-state index contributed by atoms with van der Waals surface area (Å²) < 4.78 is 2.29. The molecule has 0 bridgehead atoms. The second-order valence-corrected chi connectivity index (χ2v) is 14.1. The number of hydrogen-bond acceptors (Lipinski definition) is 5. The molecule has 3 heterocycles. The van der Waals surface area contributed by atoms with Crippen LogP contribution in [0.3, 0.4) is 0 Å². The number of aromatic nitrogens is 2. The van der Waals surface area contributed by atoms with Crippen molar-refractivity contribution in [1.82, 2.24) is 19.4 Å². The number of piperazine rings is 1. The summed E-state index contributed by atoms with van der Waals surface area (Å²) in [7, 11) is 3.66. The van der Waals surface area contributed by atoms with Crippen molar-refractivity contribution in [1.29, 1.82) is 0 Å². The summed E-state index contributed by atoms with van der Waals surface area (Å²) >= 11 is 0. The second-order valence-electron chi connectivity index (χ2n) is 14.1. The third-order valence-corrected chi connectivity index (χ3v) is 10.9. The molecule has 0 unspecified atom stereocenters. The van der Waals surface area contributed by atoms with Crippen LogP contribution >= 0.6 is 0 Å². The monoisotopic (exact) mass is 674 g/mol. The van der Waals surface area contributed by atoms with Crippen molar-refractivity contribution in [3.8, 4) is 0 Å². The highest BCUT2D eigenvalue weighted by Crippen LogP contribution is 2.43. The lowest BCUT2D eigenvalue weighted by atomic mass is 9.75. The molecule has 1 saturated heterocycles. The maximum absolute atomic E-state index is 13.2. The number of carbonyl (C=O) groups excluding carboxylic acids is 1. The van der Waals surface area contributed by atoms with Gasteiger partial charge in [0.25, 0.3) is 5.91 Å². The largest absolute Gasteiger partial charge is 0.368 e. The first-order valence-electron chi connectivity index (χ1n) is 18.3. The zero-order valence-corrected chi connectivity index (χ0v) is 29.6. The van der Waals surface area contributed by atoms with Crippen LogP contribution in [0, 0.1) is 0 Å². The number of rotatable bonds is 9. The van der Waals surface area contributed by atoms with E-state index in [1.54, 1.807) is 4.90 Å². The second kappa shape index (κ2) is 14.1. The number of pyridine rings is 1. The van der Waals surface area contributed by atoms with Crippen LogP contribution in [-0.4, -0.2) is 65.5 Å². The minimum absolute atomic E-state index is 0.0524. The average molecular weight is 675 g/mol. The lowest BCUT2D eigenvalue weighted by Crippen LogP contribution is -2.56. The summed E-state index contributed by atoms with van der Waals surface area (Å²) in [6, 6.07) is 45.9. The molecule has 1 N–H and O–H groups in total. The number of anilines is 3. The van der Waals surface area contributed by atoms with Crippen molar-refractivity contribution in [2.24, 2.45) is 0 Å². The number of carbonyl (C=O) groups is 1. The topological polar surface area (TPSA) is 56.6 Å². The first-order chi connectivity index (χ1) is 25.0. The molecule has 6 aromatic rings. The van der Waals surface area contributed by atoms with Gasteiger partial charge in [-0.25, -0.2) is 4.98 Å². The van der Waals surface area contributed by atoms with Gasteiger partial charge in [-0.05, 0) is 59.9 Å². The van der Waals surface area contributed by atoms with Gasteiger partial charge in [-0.1, -0.05) is 110 Å². The molecule has 0 atom stereocenters. The average Bonchev–Trinajstić information content (AvgIpc) is 3.85. The fourth-order valence-electron chi connectivity index (χ4n) is 8.43. The zero-order chi connectivity index (χ0) is 34.8. The smallest absolute Gasteiger partial charge is 0.270 e. The van der Waals surface area contributed by atoms with Gasteiger partial charge in [0.15, 0.2) is 0 Å². The lowest BCUT2D eigenvalue weighted by molar-refractivity contribution is 0.0815. The van der Waals surface area contributed by atoms with E-state index in [9.17, 15) is 4.79 Å². The van der Waals surface area contributed by atoms with Crippen LogP contribution in [-0.2, 0) is 5.54 Å². The van der Waals surface area contributed by atoms with Crippen molar-refractivity contribution in [2.45, 2.75) is 37.3 Å². The Morgan fingerprint density at radius 2 is 1.31 bits per heavy atom. The van der Waals surface area contributed by atoms with Crippen molar-refractivity contribution in [2.75, 3.05) is 50.5 Å². The van der Waals surface area contributed by atoms with Crippen molar-refractivity contribution in [3.05, 3.63) is 156 Å². The normalized spacial score (nSPS) is 15.7. The first kappa shape index (κ1) is 32.8. The van der Waals surface area contributed by atoms with E-state index in [-0.39, 0.29) is 5.91 Å². The SMILES string of the molecule is CN(C)C(=O)c1cc2ccc(Nc3ccc(N4CCN(C(c5ccccc5)(c5ccccc5)c5ccccc5)CC4)cn3)cc2n1C1CCCC1. The first-order valence-corrected chi connectivity index (χ1v) is 18.3. The number of fused-ring (bicyclic) bond motifs is 1. The molecule has 258 valence electrons. The van der Waals surface area contributed by atoms with E-state index in [1.807, 2.05) is 20.3 Å². The summed E-state index contributed by atoms with van der Waals surface area (Å²) in [5.74, 6) is 0.855. The molecule has 7 heteroatoms. The van der Waals surface area contributed by atoms with Crippen LogP contribution in [0.1, 0.15) is 58.9 Å². The Bertz CT molecular complexity index is 1980. The molecular formula is C44H46N6O. The Labute approximate surface area is 301 Å². The number of nitrogens with zero attached hydrogens (tertiary/aromatic N) is 5. The molecule has 0 spiro atoms. The molecule has 1 amide bonds. The van der Waals surface area contributed by atoms with Gasteiger partial charge in [0, 0.05) is 57.4 Å². The number of benzene rings is 4. The van der Waals surface area contributed by atoms with Gasteiger partial charge >= 0.3 is 0 Å². The summed E-state index contributed by atoms with van der Waals surface area (Å²) in [5.41, 5.74) is 7.41. The minimum Gasteiger partial charge on any atom is -0.368 e. The third kappa shape index (κ3) is 6.16. The van der Waals surface area contributed by atoms with E-state index in [2.05, 4.69) is 147 Å². The predicted octanol–water partition coefficient (Wildman–Crippen LogP) is 8.71. The van der Waals surface area contributed by atoms with Crippen LogP contribution in [0.15, 0.2) is 134 Å². The maximum atomic E-state index is 13.2. The molecule has 2 aliphatic rings. The highest BCUT2D eigenvalue weighted by molar-refractivity contribution is 5.99. The van der Waals surface area contributed by atoms with E-state index >= 15 is 0 Å². The predicted molar refractivity (Wildman–Crippen MR) is 208 cm³/mol. The van der Waals surface area contributed by atoms with Gasteiger partial charge in [0.1, 0.15) is 11.5 Å². The van der Waals surface area contributed by atoms with Gasteiger partial charge in [0.2, 0.25) is 0 Å². The molecule has 2 fully saturated rings. The van der Waals surface area contributed by atoms with Crippen molar-refractivity contribution in [3.63, 3.8) is 0 Å². The molecule has 2 aromatic heterocycles. The molecule has 51 heavy (non-hydrogen) atoms. The third-order valence-electron chi connectivity index (χ3n) is 10.9. The van der Waals surface area contributed by atoms with E-state index in [1.165, 1.54) is 29.5 Å². The number of nitrogens with one attached hydrogen (secondary N) is 1. The van der Waals surface area contributed by atoms with Crippen LogP contribution < -0.4 is 10.2 Å². The molecule has 1 aliphatic heterocycles. The zero-order valence-electron chi connectivity index (χ0n) is 29.6. The summed E-state index contributed by atoms with van der Waals surface area (Å²) in [6.07, 6.45) is 6.62. The molecule has 4 aromatic carbocycles. The quantitative estimate of drug-likeness (QED) is 0.156. The Kier molecular flexibility index (Phi) is 9.05. The molecule has 8 rings (SSSR count). The van der Waals surface area contributed by atoms with Crippen LogP contribution in [0.4, 0.5) is 17.2 Å². The Morgan fingerprint density at radius 1 is 0.725 bits per heavy atom. The van der Waals surface area contributed by atoms with Crippen molar-refractivity contribution < 1.29 is 4.79 Å². The fraction of sp³-hybridized carbons (Fsp3) is 0.273. The summed E-state index contributed by atoms with van der Waals surface area (Å²) in [6.45, 7) is 3.59. The number of amides is 1. The lowest BCUT2D eigenvalue weighted by Gasteiger charge is -2.49. The Balaban J connectivity index is 1.02. The Morgan fingerprint density at radius 3 is 1.84 bits per heavy atom. The van der Waals surface area contributed by atoms with Crippen LogP contribution in [0.25, 0.3) is 10.9 Å². The van der Waals surface area contributed by atoms with Gasteiger partial charge in [-0.15, -0.1) is 0 Å². The van der Waals surface area contributed by atoms with Gasteiger partial charge in [-0.3, -0.25) is 9.69 Å². The molecule has 7 nitrogen and oxygen atoms in total. The standard InChI is InChI=1S/C44H46N6O/c1-47(2)43(51)41-30-33-22-23-37(31-40(33)50(41)38-20-12-13-21-38)46-42-25-24-39(32-45-42)48-26-28-49(29-27-48)44(34-14-6-3-7-15-34,35-16-8-4-9-17-35)36-18-10-5-11-19-36/h3-11,14-19,22-25,30-32,38H,12-13,20-21,26-29H2,1-2H3,(H,45,46). The number of hydrogen-bond donors (Lipinski definition) is 1. The fourth-order valence-corrected chi connectivity index (χ4v) is 8.43. The maximum Gasteiger partial charge on any atom is 0.270 e. The van der Waals surface area contributed by atoms with Gasteiger partial charge in [0.05, 0.1) is 22.9 Å². The highest BCUT2D eigenvalue weighted by atomic mass is 16.2. The van der Waals surface area contributed by atoms with E-state index in [4.69, 9.17) is 4.98 Å². The summed E-state index contributed by atoms with van der Waals surface area (Å²) in [5, 5.41) is 4.63. The van der Waals surface area contributed by atoms with Crippen LogP contribution in [0.5, 0.6) is 0 Å². The van der Waals surface area contributed by atoms with E-state index in [0.717, 1.165) is 72.8 Å². The van der Waals surface area contributed by atoms with E-state index in [0.29, 0.717) is 6.04 Å². The van der Waals surface area contributed by atoms with Gasteiger partial charge in [-0.2, -0.15) is 0 Å². The van der Waals surface area contributed by atoms with E-state index < -0.39 is 5.54 Å². The van der Waals surface area contributed by atoms with Crippen LogP contribution in [0.2, 0.25) is 0 Å². The molecular weight excluding hydrogens is 629 g/mol. The highest BCUT2D eigenvalue weighted by Gasteiger charge is 2.43. The van der Waals surface area contributed by atoms with Crippen molar-refractivity contribution >= 4 is 34.0 Å². The minimum atomic E-state index is -0.402.